The molecule has 66 valence electrons. The van der Waals surface area contributed by atoms with Gasteiger partial charge in [0.2, 0.25) is 0 Å². The summed E-state index contributed by atoms with van der Waals surface area (Å²) in [6.45, 7) is 2.60. The number of nitrogens with two attached hydrogens (primary N) is 1. The molecule has 0 bridgehead atoms. The normalized spacial score (nSPS) is 12.3. The molecule has 0 aromatic rings. The summed E-state index contributed by atoms with van der Waals surface area (Å²) in [6.07, 6.45) is 1.34. The highest BCUT2D eigenvalue weighted by molar-refractivity contribution is 5.66. The highest BCUT2D eigenvalue weighted by Gasteiger charge is 2.00. The maximum absolute atomic E-state index is 10.5. The van der Waals surface area contributed by atoms with Crippen LogP contribution in [0.25, 0.3) is 0 Å². The fourth-order valence-corrected chi connectivity index (χ4v) is 0.636. The molecule has 0 fully saturated rings. The number of hydrogen-bond donors (Lipinski definition) is 2. The summed E-state index contributed by atoms with van der Waals surface area (Å²) >= 11 is 0. The zero-order valence-corrected chi connectivity index (χ0v) is 7.09. The van der Waals surface area contributed by atoms with E-state index in [0.29, 0.717) is 6.54 Å². The first kappa shape index (κ1) is 10.2. The molecule has 1 atom stereocenters. The zero-order valence-electron chi connectivity index (χ0n) is 7.09. The summed E-state index contributed by atoms with van der Waals surface area (Å²) < 4.78 is 4.37. The summed E-state index contributed by atoms with van der Waals surface area (Å²) in [6, 6.07) is 0.173. The van der Waals surface area contributed by atoms with Crippen molar-refractivity contribution in [3.8, 4) is 0 Å². The quantitative estimate of drug-likeness (QED) is 0.628. The number of carbonyl (C=O) groups is 1. The fraction of sp³-hybridized carbons (Fsp3) is 0.857. The van der Waals surface area contributed by atoms with Gasteiger partial charge in [-0.05, 0) is 12.8 Å². The molecule has 0 saturated carbocycles. The van der Waals surface area contributed by atoms with E-state index in [0.717, 1.165) is 12.8 Å². The van der Waals surface area contributed by atoms with E-state index in [-0.39, 0.29) is 6.04 Å². The fourth-order valence-electron chi connectivity index (χ4n) is 0.636. The van der Waals surface area contributed by atoms with Gasteiger partial charge in [-0.25, -0.2) is 4.79 Å². The van der Waals surface area contributed by atoms with Crippen molar-refractivity contribution in [2.24, 2.45) is 5.73 Å². The van der Waals surface area contributed by atoms with Gasteiger partial charge in [0.15, 0.2) is 0 Å². The standard InChI is InChI=1S/C7H16N2O2/c1-3-6(8)4-5-9-7(10)11-2/h6H,3-5,8H2,1-2H3,(H,9,10). The minimum atomic E-state index is -0.395. The molecular formula is C7H16N2O2. The molecule has 0 heterocycles. The van der Waals surface area contributed by atoms with Crippen LogP contribution in [0.15, 0.2) is 0 Å². The zero-order chi connectivity index (χ0) is 8.69. The lowest BCUT2D eigenvalue weighted by atomic mass is 10.2. The maximum atomic E-state index is 10.5. The van der Waals surface area contributed by atoms with E-state index in [9.17, 15) is 4.79 Å². The van der Waals surface area contributed by atoms with Crippen LogP contribution < -0.4 is 11.1 Å². The Labute approximate surface area is 67.1 Å². The Balaban J connectivity index is 3.20. The predicted octanol–water partition coefficient (Wildman–Crippen LogP) is 0.470. The third-order valence-corrected chi connectivity index (χ3v) is 1.49. The number of nitrogens with one attached hydrogen (secondary N) is 1. The van der Waals surface area contributed by atoms with Crippen molar-refractivity contribution in [3.05, 3.63) is 0 Å². The van der Waals surface area contributed by atoms with E-state index < -0.39 is 6.09 Å². The van der Waals surface area contributed by atoms with Crippen molar-refractivity contribution < 1.29 is 9.53 Å². The SMILES string of the molecule is CCC(N)CCNC(=O)OC. The summed E-state index contributed by atoms with van der Waals surface area (Å²) in [5.74, 6) is 0. The maximum Gasteiger partial charge on any atom is 0.406 e. The minimum absolute atomic E-state index is 0.173. The lowest BCUT2D eigenvalue weighted by Crippen LogP contribution is -2.29. The minimum Gasteiger partial charge on any atom is -0.453 e. The van der Waals surface area contributed by atoms with E-state index >= 15 is 0 Å². The molecular weight excluding hydrogens is 144 g/mol. The van der Waals surface area contributed by atoms with Crippen molar-refractivity contribution >= 4 is 6.09 Å². The Kier molecular flexibility index (Phi) is 5.56. The van der Waals surface area contributed by atoms with Crippen LogP contribution in [-0.4, -0.2) is 25.8 Å². The number of rotatable bonds is 4. The lowest BCUT2D eigenvalue weighted by Gasteiger charge is -2.08. The van der Waals surface area contributed by atoms with E-state index in [1.165, 1.54) is 7.11 Å². The molecule has 0 aromatic carbocycles. The number of alkyl carbamates (subject to hydrolysis) is 1. The van der Waals surface area contributed by atoms with Crippen LogP contribution >= 0.6 is 0 Å². The van der Waals surface area contributed by atoms with Crippen LogP contribution in [0.2, 0.25) is 0 Å². The molecule has 0 aliphatic rings. The van der Waals surface area contributed by atoms with E-state index in [1.807, 2.05) is 6.92 Å². The van der Waals surface area contributed by atoms with Crippen LogP contribution in [-0.2, 0) is 4.74 Å². The van der Waals surface area contributed by atoms with Crippen LogP contribution in [0, 0.1) is 0 Å². The Morgan fingerprint density at radius 3 is 2.82 bits per heavy atom. The average molecular weight is 160 g/mol. The second-order valence-corrected chi connectivity index (χ2v) is 2.38. The van der Waals surface area contributed by atoms with Crippen molar-refractivity contribution in [1.29, 1.82) is 0 Å². The molecule has 0 radical (unpaired) electrons. The molecule has 11 heavy (non-hydrogen) atoms. The molecule has 0 aliphatic carbocycles. The summed E-state index contributed by atoms with van der Waals surface area (Å²) in [5, 5.41) is 2.56. The molecule has 0 rings (SSSR count). The Morgan fingerprint density at radius 1 is 1.73 bits per heavy atom. The summed E-state index contributed by atoms with van der Waals surface area (Å²) in [7, 11) is 1.34. The van der Waals surface area contributed by atoms with Gasteiger partial charge < -0.3 is 15.8 Å². The van der Waals surface area contributed by atoms with Gasteiger partial charge >= 0.3 is 6.09 Å². The number of methoxy groups -OCH3 is 1. The second-order valence-electron chi connectivity index (χ2n) is 2.38. The molecule has 4 heteroatoms. The van der Waals surface area contributed by atoms with Gasteiger partial charge in [0.05, 0.1) is 7.11 Å². The van der Waals surface area contributed by atoms with Gasteiger partial charge in [-0.1, -0.05) is 6.92 Å². The summed E-state index contributed by atoms with van der Waals surface area (Å²) in [4.78, 5) is 10.5. The van der Waals surface area contributed by atoms with Crippen molar-refractivity contribution in [1.82, 2.24) is 5.32 Å². The number of amides is 1. The Hall–Kier alpha value is -0.770. The van der Waals surface area contributed by atoms with E-state index in [2.05, 4.69) is 10.1 Å². The highest BCUT2D eigenvalue weighted by atomic mass is 16.5. The van der Waals surface area contributed by atoms with Crippen LogP contribution in [0.3, 0.4) is 0 Å². The monoisotopic (exact) mass is 160 g/mol. The van der Waals surface area contributed by atoms with Crippen molar-refractivity contribution in [2.75, 3.05) is 13.7 Å². The van der Waals surface area contributed by atoms with Crippen LogP contribution in [0.1, 0.15) is 19.8 Å². The molecule has 0 spiro atoms. The molecule has 0 aliphatic heterocycles. The summed E-state index contributed by atoms with van der Waals surface area (Å²) in [5.41, 5.74) is 5.61. The third kappa shape index (κ3) is 5.66. The molecule has 1 unspecified atom stereocenters. The lowest BCUT2D eigenvalue weighted by molar-refractivity contribution is 0.170. The van der Waals surface area contributed by atoms with Gasteiger partial charge in [-0.3, -0.25) is 0 Å². The number of carbonyl (C=O) groups excluding carboxylic acids is 1. The van der Waals surface area contributed by atoms with E-state index in [1.54, 1.807) is 0 Å². The topological polar surface area (TPSA) is 64.3 Å². The number of hydrogen-bond acceptors (Lipinski definition) is 3. The smallest absolute Gasteiger partial charge is 0.406 e. The largest absolute Gasteiger partial charge is 0.453 e. The first-order chi connectivity index (χ1) is 5.20. The molecule has 3 N–H and O–H groups in total. The van der Waals surface area contributed by atoms with Gasteiger partial charge in [0.1, 0.15) is 0 Å². The first-order valence-electron chi connectivity index (χ1n) is 3.78. The highest BCUT2D eigenvalue weighted by Crippen LogP contribution is 1.90. The van der Waals surface area contributed by atoms with Crippen LogP contribution in [0.4, 0.5) is 4.79 Å². The predicted molar refractivity (Wildman–Crippen MR) is 43.3 cm³/mol. The second kappa shape index (κ2) is 5.97. The molecule has 0 aromatic heterocycles. The van der Waals surface area contributed by atoms with Crippen molar-refractivity contribution in [2.45, 2.75) is 25.8 Å². The molecule has 0 saturated heterocycles. The average Bonchev–Trinajstić information content (AvgIpc) is 2.04. The van der Waals surface area contributed by atoms with Gasteiger partial charge in [-0.15, -0.1) is 0 Å². The Bertz CT molecular complexity index is 117. The van der Waals surface area contributed by atoms with Gasteiger partial charge in [-0.2, -0.15) is 0 Å². The third-order valence-electron chi connectivity index (χ3n) is 1.49. The Morgan fingerprint density at radius 2 is 2.36 bits per heavy atom. The van der Waals surface area contributed by atoms with Crippen molar-refractivity contribution in [3.63, 3.8) is 0 Å². The van der Waals surface area contributed by atoms with Gasteiger partial charge in [0, 0.05) is 12.6 Å². The number of ether oxygens (including phenoxy) is 1. The van der Waals surface area contributed by atoms with E-state index in [4.69, 9.17) is 5.73 Å². The van der Waals surface area contributed by atoms with Crippen LogP contribution in [0.5, 0.6) is 0 Å². The first-order valence-corrected chi connectivity index (χ1v) is 3.78. The molecule has 1 amide bonds. The van der Waals surface area contributed by atoms with Gasteiger partial charge in [0.25, 0.3) is 0 Å². The molecule has 4 nitrogen and oxygen atoms in total.